The summed E-state index contributed by atoms with van der Waals surface area (Å²) in [7, 11) is 0. The van der Waals surface area contributed by atoms with Gasteiger partial charge in [-0.1, -0.05) is 24.3 Å². The zero-order chi connectivity index (χ0) is 22.2. The average Bonchev–Trinajstić information content (AvgIpc) is 3.22. The number of pyridine rings is 1. The minimum Gasteiger partial charge on any atom is -0.480 e. The number of aliphatic hydroxyl groups is 1. The molecule has 0 saturated carbocycles. The van der Waals surface area contributed by atoms with Gasteiger partial charge < -0.3 is 20.1 Å². The Morgan fingerprint density at radius 1 is 1.09 bits per heavy atom. The molecule has 164 valence electrons. The van der Waals surface area contributed by atoms with Gasteiger partial charge in [-0.2, -0.15) is 0 Å². The Bertz CT molecular complexity index is 1290. The van der Waals surface area contributed by atoms with Gasteiger partial charge in [0, 0.05) is 54.2 Å². The van der Waals surface area contributed by atoms with Gasteiger partial charge in [0.05, 0.1) is 12.1 Å². The predicted octanol–water partition coefficient (Wildman–Crippen LogP) is 3.46. The van der Waals surface area contributed by atoms with Crippen molar-refractivity contribution in [2.45, 2.75) is 19.6 Å². The Morgan fingerprint density at radius 3 is 2.62 bits per heavy atom. The van der Waals surface area contributed by atoms with Crippen LogP contribution in [0.15, 0.2) is 54.7 Å². The minimum atomic E-state index is -0.867. The van der Waals surface area contributed by atoms with Gasteiger partial charge in [-0.25, -0.2) is 4.98 Å². The number of hydrogen-bond donors (Lipinski definition) is 3. The maximum atomic E-state index is 12.3. The third-order valence-electron chi connectivity index (χ3n) is 6.40. The normalized spacial score (nSPS) is 16.0. The van der Waals surface area contributed by atoms with Crippen LogP contribution >= 0.6 is 0 Å². The van der Waals surface area contributed by atoms with Crippen molar-refractivity contribution in [3.8, 4) is 0 Å². The van der Waals surface area contributed by atoms with Gasteiger partial charge in [-0.05, 0) is 42.3 Å². The third kappa shape index (κ3) is 3.59. The van der Waals surface area contributed by atoms with Crippen molar-refractivity contribution in [3.05, 3.63) is 71.4 Å². The molecule has 1 aliphatic heterocycles. The zero-order valence-electron chi connectivity index (χ0n) is 18.0. The minimum absolute atomic E-state index is 0.0743. The van der Waals surface area contributed by atoms with Gasteiger partial charge in [0.1, 0.15) is 11.9 Å². The van der Waals surface area contributed by atoms with Crippen molar-refractivity contribution in [1.82, 2.24) is 14.9 Å². The molecule has 0 radical (unpaired) electrons. The number of para-hydroxylation sites is 1. The van der Waals surface area contributed by atoms with Crippen molar-refractivity contribution < 1.29 is 15.0 Å². The number of nitrogens with one attached hydrogen (secondary N) is 1. The highest BCUT2D eigenvalue weighted by atomic mass is 16.4. The number of anilines is 1. The molecule has 2 aromatic heterocycles. The maximum absolute atomic E-state index is 12.3. The fraction of sp³-hybridized carbons (Fsp3) is 0.280. The van der Waals surface area contributed by atoms with E-state index in [1.807, 2.05) is 41.3 Å². The number of aryl methyl sites for hydroxylation is 1. The molecule has 0 bridgehead atoms. The monoisotopic (exact) mass is 430 g/mol. The van der Waals surface area contributed by atoms with E-state index in [0.717, 1.165) is 38.8 Å². The highest BCUT2D eigenvalue weighted by Gasteiger charge is 2.32. The van der Waals surface area contributed by atoms with E-state index in [0.29, 0.717) is 26.2 Å². The van der Waals surface area contributed by atoms with Gasteiger partial charge >= 0.3 is 5.97 Å². The first-order valence-corrected chi connectivity index (χ1v) is 10.8. The summed E-state index contributed by atoms with van der Waals surface area (Å²) in [5, 5.41) is 21.6. The summed E-state index contributed by atoms with van der Waals surface area (Å²) in [5.74, 6) is 0.0702. The molecule has 0 aliphatic carbocycles. The van der Waals surface area contributed by atoms with Crippen LogP contribution < -0.4 is 4.90 Å². The Kier molecular flexibility index (Phi) is 5.28. The number of rotatable bonds is 5. The number of carboxylic acid groups (broad SMARTS) is 1. The van der Waals surface area contributed by atoms with E-state index in [-0.39, 0.29) is 6.61 Å². The van der Waals surface area contributed by atoms with Crippen molar-refractivity contribution in [2.75, 3.05) is 31.1 Å². The summed E-state index contributed by atoms with van der Waals surface area (Å²) < 4.78 is 0. The van der Waals surface area contributed by atoms with Crippen LogP contribution in [0.5, 0.6) is 0 Å². The second kappa shape index (κ2) is 8.26. The van der Waals surface area contributed by atoms with Crippen molar-refractivity contribution in [3.63, 3.8) is 0 Å². The third-order valence-corrected chi connectivity index (χ3v) is 6.40. The second-order valence-electron chi connectivity index (χ2n) is 8.36. The molecule has 2 aromatic carbocycles. The topological polar surface area (TPSA) is 92.7 Å². The van der Waals surface area contributed by atoms with Gasteiger partial charge in [-0.15, -0.1) is 0 Å². The highest BCUT2D eigenvalue weighted by Crippen LogP contribution is 2.31. The standard InChI is InChI=1S/C25H26N4O3/c1-16-12-23(27-22-5-3-2-4-18(16)22)28-8-10-29(11-9-28)24(25(31)32)20-14-26-21-7-6-17(15-30)13-19(20)21/h2-7,12-14,24,26,30H,8-11,15H2,1H3,(H,31,32). The summed E-state index contributed by atoms with van der Waals surface area (Å²) >= 11 is 0. The van der Waals surface area contributed by atoms with E-state index in [1.165, 1.54) is 5.56 Å². The number of piperazine rings is 1. The summed E-state index contributed by atoms with van der Waals surface area (Å²) in [6, 6.07) is 15.1. The first kappa shape index (κ1) is 20.5. The number of aliphatic hydroxyl groups excluding tert-OH is 1. The number of H-pyrrole nitrogens is 1. The van der Waals surface area contributed by atoms with Crippen LogP contribution in [0, 0.1) is 6.92 Å². The van der Waals surface area contributed by atoms with Crippen molar-refractivity contribution in [1.29, 1.82) is 0 Å². The first-order chi connectivity index (χ1) is 15.5. The molecule has 7 heteroatoms. The predicted molar refractivity (Wildman–Crippen MR) is 125 cm³/mol. The number of carboxylic acids is 1. The Hall–Kier alpha value is -3.42. The average molecular weight is 431 g/mol. The molecule has 1 aliphatic rings. The molecule has 3 N–H and O–H groups in total. The molecule has 0 amide bonds. The zero-order valence-corrected chi connectivity index (χ0v) is 18.0. The van der Waals surface area contributed by atoms with E-state index in [4.69, 9.17) is 4.98 Å². The Labute approximate surface area is 185 Å². The molecule has 7 nitrogen and oxygen atoms in total. The van der Waals surface area contributed by atoms with Crippen molar-refractivity contribution >= 4 is 33.6 Å². The van der Waals surface area contributed by atoms with E-state index < -0.39 is 12.0 Å². The van der Waals surface area contributed by atoms with E-state index in [2.05, 4.69) is 28.9 Å². The molecule has 32 heavy (non-hydrogen) atoms. The van der Waals surface area contributed by atoms with Gasteiger partial charge in [-0.3, -0.25) is 9.69 Å². The summed E-state index contributed by atoms with van der Waals surface area (Å²) in [6.45, 7) is 4.68. The number of aromatic amines is 1. The van der Waals surface area contributed by atoms with Crippen LogP contribution in [0.2, 0.25) is 0 Å². The molecular weight excluding hydrogens is 404 g/mol. The SMILES string of the molecule is Cc1cc(N2CCN(C(C(=O)O)c3c[nH]c4ccc(CO)cc34)CC2)nc2ccccc12. The van der Waals surface area contributed by atoms with Gasteiger partial charge in [0.2, 0.25) is 0 Å². The number of aromatic nitrogens is 2. The molecule has 0 spiro atoms. The lowest BCUT2D eigenvalue weighted by Crippen LogP contribution is -2.49. The summed E-state index contributed by atoms with van der Waals surface area (Å²) in [4.78, 5) is 24.6. The smallest absolute Gasteiger partial charge is 0.325 e. The number of benzene rings is 2. The van der Waals surface area contributed by atoms with Crippen LogP contribution in [-0.4, -0.2) is 57.2 Å². The van der Waals surface area contributed by atoms with Crippen LogP contribution in [0.3, 0.4) is 0 Å². The molecule has 1 fully saturated rings. The number of fused-ring (bicyclic) bond motifs is 2. The molecule has 1 atom stereocenters. The molecule has 1 unspecified atom stereocenters. The first-order valence-electron chi connectivity index (χ1n) is 10.8. The molecular formula is C25H26N4O3. The van der Waals surface area contributed by atoms with Crippen LogP contribution in [0.1, 0.15) is 22.7 Å². The second-order valence-corrected chi connectivity index (χ2v) is 8.36. The Balaban J connectivity index is 1.39. The van der Waals surface area contributed by atoms with Gasteiger partial charge in [0.25, 0.3) is 0 Å². The van der Waals surface area contributed by atoms with E-state index >= 15 is 0 Å². The maximum Gasteiger partial charge on any atom is 0.325 e. The van der Waals surface area contributed by atoms with Crippen molar-refractivity contribution in [2.24, 2.45) is 0 Å². The highest BCUT2D eigenvalue weighted by molar-refractivity contribution is 5.89. The number of hydrogen-bond acceptors (Lipinski definition) is 5. The Morgan fingerprint density at radius 2 is 1.88 bits per heavy atom. The molecule has 5 rings (SSSR count). The number of carbonyl (C=O) groups is 1. The fourth-order valence-corrected chi connectivity index (χ4v) is 4.70. The molecule has 1 saturated heterocycles. The summed E-state index contributed by atoms with van der Waals surface area (Å²) in [5.41, 5.74) is 4.54. The van der Waals surface area contributed by atoms with Crippen LogP contribution in [-0.2, 0) is 11.4 Å². The molecule has 4 aromatic rings. The fourth-order valence-electron chi connectivity index (χ4n) is 4.70. The number of nitrogens with zero attached hydrogens (tertiary/aromatic N) is 3. The van der Waals surface area contributed by atoms with E-state index in [9.17, 15) is 15.0 Å². The quantitative estimate of drug-likeness (QED) is 0.449. The molecule has 3 heterocycles. The largest absolute Gasteiger partial charge is 0.480 e. The lowest BCUT2D eigenvalue weighted by molar-refractivity contribution is -0.143. The lowest BCUT2D eigenvalue weighted by Gasteiger charge is -2.38. The van der Waals surface area contributed by atoms with E-state index in [1.54, 1.807) is 6.20 Å². The van der Waals surface area contributed by atoms with Crippen LogP contribution in [0.25, 0.3) is 21.8 Å². The van der Waals surface area contributed by atoms with Gasteiger partial charge in [0.15, 0.2) is 0 Å². The lowest BCUT2D eigenvalue weighted by atomic mass is 10.0. The van der Waals surface area contributed by atoms with Crippen LogP contribution in [0.4, 0.5) is 5.82 Å². The summed E-state index contributed by atoms with van der Waals surface area (Å²) in [6.07, 6.45) is 1.78. The number of aliphatic carboxylic acids is 1.